The summed E-state index contributed by atoms with van der Waals surface area (Å²) in [6.07, 6.45) is 0.411. The van der Waals surface area contributed by atoms with E-state index in [0.29, 0.717) is 17.7 Å². The van der Waals surface area contributed by atoms with Gasteiger partial charge in [0.25, 0.3) is 0 Å². The summed E-state index contributed by atoms with van der Waals surface area (Å²) in [5, 5.41) is 2.50. The van der Waals surface area contributed by atoms with Gasteiger partial charge in [0.1, 0.15) is 12.4 Å². The molecule has 1 nitrogen and oxygen atoms in total. The Morgan fingerprint density at radius 3 is 2.52 bits per heavy atom. The van der Waals surface area contributed by atoms with Gasteiger partial charge in [0.2, 0.25) is 0 Å². The number of alkyl halides is 3. The minimum Gasteiger partial charge on any atom is -0.488 e. The second kappa shape index (κ2) is 5.63. The third kappa shape index (κ3) is 2.23. The summed E-state index contributed by atoms with van der Waals surface area (Å²) in [6.45, 7) is 0.420. The molecule has 4 aromatic carbocycles. The molecule has 0 atom stereocenters. The van der Waals surface area contributed by atoms with E-state index in [2.05, 4.69) is 18.2 Å². The van der Waals surface area contributed by atoms with Crippen molar-refractivity contribution in [3.8, 4) is 16.9 Å². The van der Waals surface area contributed by atoms with E-state index in [0.717, 1.165) is 39.9 Å². The van der Waals surface area contributed by atoms with Crippen molar-refractivity contribution in [1.29, 1.82) is 0 Å². The Morgan fingerprint density at radius 2 is 1.66 bits per heavy atom. The molecule has 1 aliphatic carbocycles. The molecule has 0 aromatic heterocycles. The number of ether oxygens (including phenoxy) is 1. The van der Waals surface area contributed by atoms with Crippen LogP contribution in [0.15, 0.2) is 60.7 Å². The first kappa shape index (κ1) is 16.7. The fourth-order valence-electron chi connectivity index (χ4n) is 4.85. The SMILES string of the molecule is FC(F)(F)c1cccc2c1ccc1c3c(c4c(c12)OCC=C4)Cc1ccccc1-3. The maximum Gasteiger partial charge on any atom is 0.417 e. The van der Waals surface area contributed by atoms with Gasteiger partial charge in [0.05, 0.1) is 5.56 Å². The van der Waals surface area contributed by atoms with E-state index in [1.54, 1.807) is 12.1 Å². The zero-order valence-electron chi connectivity index (χ0n) is 15.3. The molecule has 1 heterocycles. The lowest BCUT2D eigenvalue weighted by Gasteiger charge is -2.22. The molecule has 2 aliphatic rings. The number of hydrogen-bond donors (Lipinski definition) is 0. The van der Waals surface area contributed by atoms with Gasteiger partial charge in [0, 0.05) is 10.9 Å². The summed E-state index contributed by atoms with van der Waals surface area (Å²) in [4.78, 5) is 0. The zero-order chi connectivity index (χ0) is 19.8. The maximum absolute atomic E-state index is 13.6. The lowest BCUT2D eigenvalue weighted by molar-refractivity contribution is -0.136. The summed E-state index contributed by atoms with van der Waals surface area (Å²) < 4.78 is 46.9. The molecule has 0 fully saturated rings. The van der Waals surface area contributed by atoms with Crippen molar-refractivity contribution in [1.82, 2.24) is 0 Å². The number of benzene rings is 4. The van der Waals surface area contributed by atoms with Crippen molar-refractivity contribution in [2.45, 2.75) is 12.6 Å². The van der Waals surface area contributed by atoms with Crippen LogP contribution < -0.4 is 4.74 Å². The second-order valence-electron chi connectivity index (χ2n) is 7.53. The molecule has 4 aromatic rings. The Morgan fingerprint density at radius 1 is 0.828 bits per heavy atom. The minimum absolute atomic E-state index is 0.207. The van der Waals surface area contributed by atoms with E-state index in [1.807, 2.05) is 24.3 Å². The monoisotopic (exact) mass is 388 g/mol. The van der Waals surface area contributed by atoms with Crippen LogP contribution >= 0.6 is 0 Å². The number of halogens is 3. The van der Waals surface area contributed by atoms with Crippen LogP contribution in [-0.4, -0.2) is 6.61 Å². The van der Waals surface area contributed by atoms with Gasteiger partial charge in [-0.3, -0.25) is 0 Å². The molecule has 0 radical (unpaired) electrons. The quantitative estimate of drug-likeness (QED) is 0.260. The van der Waals surface area contributed by atoms with Gasteiger partial charge in [-0.25, -0.2) is 0 Å². The van der Waals surface area contributed by atoms with Crippen molar-refractivity contribution < 1.29 is 17.9 Å². The van der Waals surface area contributed by atoms with Crippen molar-refractivity contribution in [2.24, 2.45) is 0 Å². The van der Waals surface area contributed by atoms with Crippen molar-refractivity contribution in [3.05, 3.63) is 82.9 Å². The Hall–Kier alpha value is -3.27. The molecule has 6 rings (SSSR count). The van der Waals surface area contributed by atoms with Gasteiger partial charge in [0.15, 0.2) is 0 Å². The molecule has 0 saturated carbocycles. The van der Waals surface area contributed by atoms with Gasteiger partial charge < -0.3 is 4.74 Å². The Labute approximate surface area is 165 Å². The smallest absolute Gasteiger partial charge is 0.417 e. The van der Waals surface area contributed by atoms with Crippen LogP contribution in [-0.2, 0) is 12.6 Å². The molecule has 0 unspecified atom stereocenters. The van der Waals surface area contributed by atoms with Crippen LogP contribution in [0.1, 0.15) is 22.3 Å². The molecule has 0 spiro atoms. The Balaban J connectivity index is 1.83. The molecule has 0 N–H and O–H groups in total. The number of rotatable bonds is 0. The van der Waals surface area contributed by atoms with Crippen LogP contribution in [0.5, 0.6) is 5.75 Å². The maximum atomic E-state index is 13.6. The standard InChI is InChI=1S/C25H15F3O/c26-25(27,28)21-9-3-7-17-16(21)10-11-19-22-15-6-2-1-5-14(15)13-20(22)18-8-4-12-29-24(18)23(17)19/h1-11H,12-13H2. The molecule has 1 aliphatic heterocycles. The lowest BCUT2D eigenvalue weighted by Crippen LogP contribution is -2.07. The highest BCUT2D eigenvalue weighted by molar-refractivity contribution is 6.18. The average Bonchev–Trinajstić information content (AvgIpc) is 3.12. The summed E-state index contributed by atoms with van der Waals surface area (Å²) in [7, 11) is 0. The Bertz CT molecular complexity index is 1360. The first-order valence-electron chi connectivity index (χ1n) is 9.53. The highest BCUT2D eigenvalue weighted by Crippen LogP contribution is 2.51. The van der Waals surface area contributed by atoms with E-state index < -0.39 is 11.7 Å². The number of fused-ring (bicyclic) bond motifs is 10. The predicted molar refractivity (Wildman–Crippen MR) is 109 cm³/mol. The van der Waals surface area contributed by atoms with Gasteiger partial charge in [-0.05, 0) is 57.0 Å². The van der Waals surface area contributed by atoms with E-state index in [4.69, 9.17) is 4.74 Å². The highest BCUT2D eigenvalue weighted by atomic mass is 19.4. The molecule has 142 valence electrons. The van der Waals surface area contributed by atoms with E-state index in [-0.39, 0.29) is 5.39 Å². The molecule has 29 heavy (non-hydrogen) atoms. The first-order valence-corrected chi connectivity index (χ1v) is 9.53. The van der Waals surface area contributed by atoms with Crippen LogP contribution in [0.4, 0.5) is 13.2 Å². The van der Waals surface area contributed by atoms with Gasteiger partial charge >= 0.3 is 6.18 Å². The minimum atomic E-state index is -4.41. The van der Waals surface area contributed by atoms with Crippen LogP contribution in [0.25, 0.3) is 38.7 Å². The largest absolute Gasteiger partial charge is 0.488 e. The topological polar surface area (TPSA) is 9.23 Å². The average molecular weight is 388 g/mol. The van der Waals surface area contributed by atoms with E-state index in [1.165, 1.54) is 17.2 Å². The van der Waals surface area contributed by atoms with Crippen molar-refractivity contribution >= 4 is 27.6 Å². The summed E-state index contributed by atoms with van der Waals surface area (Å²) >= 11 is 0. The second-order valence-corrected chi connectivity index (χ2v) is 7.53. The molecule has 4 heteroatoms. The van der Waals surface area contributed by atoms with Gasteiger partial charge in [-0.15, -0.1) is 0 Å². The van der Waals surface area contributed by atoms with Crippen LogP contribution in [0.3, 0.4) is 0 Å². The van der Waals surface area contributed by atoms with Gasteiger partial charge in [-0.2, -0.15) is 13.2 Å². The summed E-state index contributed by atoms with van der Waals surface area (Å²) in [6, 6.07) is 16.1. The molecular formula is C25H15F3O. The van der Waals surface area contributed by atoms with E-state index >= 15 is 0 Å². The van der Waals surface area contributed by atoms with Crippen LogP contribution in [0.2, 0.25) is 0 Å². The molecule has 0 saturated heterocycles. The van der Waals surface area contributed by atoms with Crippen molar-refractivity contribution in [3.63, 3.8) is 0 Å². The fraction of sp³-hybridized carbons (Fsp3) is 0.120. The summed E-state index contributed by atoms with van der Waals surface area (Å²) in [5.74, 6) is 0.694. The third-order valence-corrected chi connectivity index (χ3v) is 6.00. The lowest BCUT2D eigenvalue weighted by atomic mass is 9.88. The van der Waals surface area contributed by atoms with Crippen molar-refractivity contribution in [2.75, 3.05) is 6.61 Å². The molecule has 0 bridgehead atoms. The third-order valence-electron chi connectivity index (χ3n) is 6.00. The normalized spacial score (nSPS) is 14.6. The molecule has 0 amide bonds. The number of hydrogen-bond acceptors (Lipinski definition) is 1. The first-order chi connectivity index (χ1) is 14.0. The predicted octanol–water partition coefficient (Wildman–Crippen LogP) is 6.99. The highest BCUT2D eigenvalue weighted by Gasteiger charge is 2.34. The summed E-state index contributed by atoms with van der Waals surface area (Å²) in [5.41, 5.74) is 5.07. The van der Waals surface area contributed by atoms with E-state index in [9.17, 15) is 13.2 Å². The molecular weight excluding hydrogens is 373 g/mol. The zero-order valence-corrected chi connectivity index (χ0v) is 15.3. The van der Waals surface area contributed by atoms with Crippen LogP contribution in [0, 0.1) is 0 Å². The fourth-order valence-corrected chi connectivity index (χ4v) is 4.85. The Kier molecular flexibility index (Phi) is 3.24. The van der Waals surface area contributed by atoms with Gasteiger partial charge in [-0.1, -0.05) is 54.6 Å².